The van der Waals surface area contributed by atoms with Crippen LogP contribution in [-0.4, -0.2) is 18.0 Å². The van der Waals surface area contributed by atoms with Crippen molar-refractivity contribution in [3.63, 3.8) is 0 Å². The molecule has 0 unspecified atom stereocenters. The van der Waals surface area contributed by atoms with Crippen LogP contribution in [0, 0.1) is 16.7 Å². The predicted molar refractivity (Wildman–Crippen MR) is 93.7 cm³/mol. The van der Waals surface area contributed by atoms with Gasteiger partial charge in [0, 0.05) is 33.3 Å². The molecule has 2 bridgehead atoms. The number of hydrogen-bond acceptors (Lipinski definition) is 2. The topological polar surface area (TPSA) is 12.4 Å². The number of hydrogen-bond donors (Lipinski definition) is 0. The smallest absolute Gasteiger partial charge is 0.0483 e. The largest absolute Gasteiger partial charge is 0.293 e. The van der Waals surface area contributed by atoms with Crippen molar-refractivity contribution in [2.45, 2.75) is 44.9 Å². The number of fused-ring (bicyclic) bond motifs is 2. The second-order valence-corrected chi connectivity index (χ2v) is 8.73. The molecule has 2 atom stereocenters. The molecule has 3 heteroatoms. The first-order chi connectivity index (χ1) is 9.93. The van der Waals surface area contributed by atoms with Crippen LogP contribution in [0.3, 0.4) is 0 Å². The molecule has 0 aromatic heterocycles. The Morgan fingerprint density at radius 1 is 1.24 bits per heavy atom. The van der Waals surface area contributed by atoms with Crippen LogP contribution in [0.15, 0.2) is 34.2 Å². The van der Waals surface area contributed by atoms with Crippen molar-refractivity contribution in [2.75, 3.05) is 12.3 Å². The summed E-state index contributed by atoms with van der Waals surface area (Å²) in [6.07, 6.45) is 3.95. The molecule has 2 aliphatic carbocycles. The molecule has 0 heterocycles. The first kappa shape index (κ1) is 15.4. The van der Waals surface area contributed by atoms with Crippen molar-refractivity contribution in [3.8, 4) is 0 Å². The summed E-state index contributed by atoms with van der Waals surface area (Å²) in [6.45, 7) is 8.25. The molecule has 1 nitrogen and oxygen atoms in total. The van der Waals surface area contributed by atoms with E-state index < -0.39 is 0 Å². The molecule has 2 saturated carbocycles. The minimum atomic E-state index is 0.350. The molecule has 0 N–H and O–H groups in total. The fourth-order valence-corrected chi connectivity index (χ4v) is 4.92. The summed E-state index contributed by atoms with van der Waals surface area (Å²) < 4.78 is 0. The minimum absolute atomic E-state index is 0.350. The lowest BCUT2D eigenvalue weighted by Crippen LogP contribution is -2.32. The fraction of sp³-hybridized carbons (Fsp3) is 0.611. The van der Waals surface area contributed by atoms with Crippen LogP contribution in [0.5, 0.6) is 0 Å². The van der Waals surface area contributed by atoms with Gasteiger partial charge in [-0.2, -0.15) is 0 Å². The summed E-state index contributed by atoms with van der Waals surface area (Å²) in [6, 6.07) is 8.08. The highest BCUT2D eigenvalue weighted by molar-refractivity contribution is 7.99. The van der Waals surface area contributed by atoms with Crippen LogP contribution < -0.4 is 0 Å². The molecule has 2 fully saturated rings. The number of nitrogens with zero attached hydrogens (tertiary/aromatic N) is 1. The highest BCUT2D eigenvalue weighted by Gasteiger charge is 2.59. The van der Waals surface area contributed by atoms with Crippen molar-refractivity contribution < 1.29 is 0 Å². The van der Waals surface area contributed by atoms with Crippen molar-refractivity contribution in [1.29, 1.82) is 0 Å². The van der Waals surface area contributed by atoms with E-state index in [-0.39, 0.29) is 0 Å². The molecule has 0 spiro atoms. The number of thioether (sulfide) groups is 1. The Balaban J connectivity index is 1.57. The fourth-order valence-electron chi connectivity index (χ4n) is 4.04. The number of benzene rings is 1. The zero-order valence-electron chi connectivity index (χ0n) is 13.2. The normalized spacial score (nSPS) is 32.0. The SMILES string of the molecule is CC1(C)[C@@H]2CC[C@@]1(C)C(=NCCSc1ccc(Cl)cc1)C2. The first-order valence-electron chi connectivity index (χ1n) is 7.86. The Morgan fingerprint density at radius 2 is 1.95 bits per heavy atom. The molecular formula is C18H24ClNS. The van der Waals surface area contributed by atoms with Crippen molar-refractivity contribution in [3.05, 3.63) is 29.3 Å². The second kappa shape index (κ2) is 5.62. The lowest BCUT2D eigenvalue weighted by molar-refractivity contribution is 0.194. The third kappa shape index (κ3) is 2.66. The van der Waals surface area contributed by atoms with Gasteiger partial charge in [0.05, 0.1) is 0 Å². The molecule has 114 valence electrons. The summed E-state index contributed by atoms with van der Waals surface area (Å²) in [5, 5.41) is 0.803. The van der Waals surface area contributed by atoms with Gasteiger partial charge in [-0.05, 0) is 54.9 Å². The monoisotopic (exact) mass is 321 g/mol. The van der Waals surface area contributed by atoms with E-state index in [9.17, 15) is 0 Å². The van der Waals surface area contributed by atoms with Gasteiger partial charge in [-0.1, -0.05) is 32.4 Å². The summed E-state index contributed by atoms with van der Waals surface area (Å²) in [5.41, 5.74) is 2.28. The van der Waals surface area contributed by atoms with Gasteiger partial charge in [-0.3, -0.25) is 4.99 Å². The van der Waals surface area contributed by atoms with Crippen LogP contribution in [-0.2, 0) is 0 Å². The van der Waals surface area contributed by atoms with Gasteiger partial charge >= 0.3 is 0 Å². The summed E-state index contributed by atoms with van der Waals surface area (Å²) in [4.78, 5) is 6.25. The van der Waals surface area contributed by atoms with E-state index in [0.717, 1.165) is 23.2 Å². The Labute approximate surface area is 137 Å². The zero-order chi connectivity index (χ0) is 15.1. The van der Waals surface area contributed by atoms with Crippen molar-refractivity contribution >= 4 is 29.1 Å². The van der Waals surface area contributed by atoms with Crippen LogP contribution >= 0.6 is 23.4 Å². The number of halogens is 1. The minimum Gasteiger partial charge on any atom is -0.293 e. The van der Waals surface area contributed by atoms with E-state index in [1.165, 1.54) is 29.9 Å². The van der Waals surface area contributed by atoms with Crippen LogP contribution in [0.25, 0.3) is 0 Å². The molecule has 1 aromatic rings. The molecule has 21 heavy (non-hydrogen) atoms. The molecule has 0 saturated heterocycles. The van der Waals surface area contributed by atoms with Crippen LogP contribution in [0.1, 0.15) is 40.0 Å². The van der Waals surface area contributed by atoms with E-state index in [1.807, 2.05) is 23.9 Å². The molecule has 3 rings (SSSR count). The number of rotatable bonds is 4. The van der Waals surface area contributed by atoms with Crippen LogP contribution in [0.4, 0.5) is 0 Å². The van der Waals surface area contributed by atoms with Gasteiger partial charge < -0.3 is 0 Å². The van der Waals surface area contributed by atoms with Gasteiger partial charge in [-0.25, -0.2) is 0 Å². The molecule has 0 aliphatic heterocycles. The van der Waals surface area contributed by atoms with Gasteiger partial charge in [0.1, 0.15) is 0 Å². The lowest BCUT2D eigenvalue weighted by Gasteiger charge is -2.34. The predicted octanol–water partition coefficient (Wildman–Crippen LogP) is 5.72. The van der Waals surface area contributed by atoms with Crippen molar-refractivity contribution in [1.82, 2.24) is 0 Å². The van der Waals surface area contributed by atoms with E-state index in [1.54, 1.807) is 0 Å². The van der Waals surface area contributed by atoms with Gasteiger partial charge in [-0.15, -0.1) is 11.8 Å². The van der Waals surface area contributed by atoms with E-state index in [4.69, 9.17) is 16.6 Å². The maximum absolute atomic E-state index is 5.91. The summed E-state index contributed by atoms with van der Waals surface area (Å²) in [5.74, 6) is 1.90. The summed E-state index contributed by atoms with van der Waals surface area (Å²) in [7, 11) is 0. The number of aliphatic imine (C=N–C) groups is 1. The average Bonchev–Trinajstić information content (AvgIpc) is 2.78. The highest BCUT2D eigenvalue weighted by Crippen LogP contribution is 2.63. The maximum atomic E-state index is 5.91. The standard InChI is InChI=1S/C18H24ClNS/c1-17(2)13-8-9-18(17,3)16(12-13)20-10-11-21-15-6-4-14(19)5-7-15/h4-7,13H,8-12H2,1-3H3/t13-,18+/m1/s1. The van der Waals surface area contributed by atoms with Crippen molar-refractivity contribution in [2.24, 2.45) is 21.7 Å². The Bertz CT molecular complexity index is 549. The van der Waals surface area contributed by atoms with E-state index in [0.29, 0.717) is 10.8 Å². The van der Waals surface area contributed by atoms with Crippen LogP contribution in [0.2, 0.25) is 5.02 Å². The van der Waals surface area contributed by atoms with E-state index >= 15 is 0 Å². The van der Waals surface area contributed by atoms with Gasteiger partial charge in [0.25, 0.3) is 0 Å². The highest BCUT2D eigenvalue weighted by atomic mass is 35.5. The Kier molecular flexibility index (Phi) is 4.13. The Morgan fingerprint density at radius 3 is 2.52 bits per heavy atom. The molecular weight excluding hydrogens is 298 g/mol. The van der Waals surface area contributed by atoms with Gasteiger partial charge in [0.15, 0.2) is 0 Å². The van der Waals surface area contributed by atoms with E-state index in [2.05, 4.69) is 32.9 Å². The lowest BCUT2D eigenvalue weighted by atomic mass is 9.70. The third-order valence-corrected chi connectivity index (χ3v) is 7.23. The molecule has 2 aliphatic rings. The molecule has 0 amide bonds. The second-order valence-electron chi connectivity index (χ2n) is 7.12. The third-order valence-electron chi connectivity index (χ3n) is 5.99. The first-order valence-corrected chi connectivity index (χ1v) is 9.22. The quantitative estimate of drug-likeness (QED) is 0.510. The Hall–Kier alpha value is -0.470. The maximum Gasteiger partial charge on any atom is 0.0483 e. The summed E-state index contributed by atoms with van der Waals surface area (Å²) >= 11 is 7.77. The zero-order valence-corrected chi connectivity index (χ0v) is 14.7. The van der Waals surface area contributed by atoms with Gasteiger partial charge in [0.2, 0.25) is 0 Å². The molecule has 1 aromatic carbocycles. The average molecular weight is 322 g/mol. The molecule has 0 radical (unpaired) electrons.